The van der Waals surface area contributed by atoms with Gasteiger partial charge in [-0.25, -0.2) is 0 Å². The van der Waals surface area contributed by atoms with Crippen molar-refractivity contribution in [2.45, 2.75) is 6.54 Å². The molecule has 7 nitrogen and oxygen atoms in total. The number of nitrogens with zero attached hydrogens (tertiary/aromatic N) is 5. The Morgan fingerprint density at radius 1 is 1.29 bits per heavy atom. The third kappa shape index (κ3) is 2.76. The van der Waals surface area contributed by atoms with Crippen LogP contribution >= 0.6 is 11.6 Å². The molecule has 8 heteroatoms. The van der Waals surface area contributed by atoms with Crippen LogP contribution in [-0.2, 0) is 6.54 Å². The number of halogens is 1. The topological polar surface area (TPSA) is 121 Å². The number of nitrogens with two attached hydrogens (primary N) is 1. The molecule has 0 aliphatic heterocycles. The summed E-state index contributed by atoms with van der Waals surface area (Å²) in [5.74, 6) is -0.718. The molecule has 1 aromatic carbocycles. The van der Waals surface area contributed by atoms with Crippen LogP contribution in [-0.4, -0.2) is 20.7 Å². The first-order valence-corrected chi connectivity index (χ1v) is 7.15. The zero-order chi connectivity index (χ0) is 17.3. The first kappa shape index (κ1) is 15.5. The lowest BCUT2D eigenvalue weighted by molar-refractivity contribution is 0.1000. The van der Waals surface area contributed by atoms with E-state index in [4.69, 9.17) is 22.6 Å². The Morgan fingerprint density at radius 2 is 2.08 bits per heavy atom. The molecule has 0 atom stereocenters. The molecule has 0 spiro atoms. The molecule has 0 saturated heterocycles. The van der Waals surface area contributed by atoms with Crippen LogP contribution in [0.15, 0.2) is 30.6 Å². The van der Waals surface area contributed by atoms with E-state index in [9.17, 15) is 10.1 Å². The summed E-state index contributed by atoms with van der Waals surface area (Å²) in [5, 5.41) is 23.5. The summed E-state index contributed by atoms with van der Waals surface area (Å²) in [6.07, 6.45) is 2.89. The van der Waals surface area contributed by atoms with Crippen LogP contribution < -0.4 is 5.73 Å². The predicted molar refractivity (Wildman–Crippen MR) is 86.0 cm³/mol. The largest absolute Gasteiger partial charge is 0.365 e. The number of amides is 1. The van der Waals surface area contributed by atoms with Gasteiger partial charge in [-0.15, -0.1) is 0 Å². The number of aromatic nitrogens is 3. The molecule has 0 unspecified atom stereocenters. The molecule has 0 aliphatic carbocycles. The van der Waals surface area contributed by atoms with Gasteiger partial charge in [-0.2, -0.15) is 15.6 Å². The fraction of sp³-hybridized carbons (Fsp3) is 0.0625. The number of hydrogen-bond donors (Lipinski definition) is 1. The van der Waals surface area contributed by atoms with Gasteiger partial charge in [0.25, 0.3) is 5.91 Å². The zero-order valence-electron chi connectivity index (χ0n) is 12.2. The zero-order valence-corrected chi connectivity index (χ0v) is 12.9. The minimum atomic E-state index is -0.718. The maximum Gasteiger partial charge on any atom is 0.253 e. The van der Waals surface area contributed by atoms with E-state index in [-0.39, 0.29) is 17.8 Å². The lowest BCUT2D eigenvalue weighted by atomic mass is 10.1. The fourth-order valence-corrected chi connectivity index (χ4v) is 2.58. The molecule has 1 amide bonds. The van der Waals surface area contributed by atoms with Gasteiger partial charge in [0.2, 0.25) is 0 Å². The number of carbonyl (C=O) groups is 1. The maximum atomic E-state index is 11.3. The van der Waals surface area contributed by atoms with Gasteiger partial charge in [0.15, 0.2) is 5.69 Å². The minimum absolute atomic E-state index is 0.0338. The monoisotopic (exact) mass is 336 g/mol. The summed E-state index contributed by atoms with van der Waals surface area (Å²) in [5.41, 5.74) is 6.97. The van der Waals surface area contributed by atoms with Crippen LogP contribution in [0, 0.1) is 22.7 Å². The summed E-state index contributed by atoms with van der Waals surface area (Å²) < 4.78 is 1.43. The second-order valence-corrected chi connectivity index (χ2v) is 5.48. The molecular weight excluding hydrogens is 328 g/mol. The van der Waals surface area contributed by atoms with Crippen LogP contribution in [0.5, 0.6) is 0 Å². The van der Waals surface area contributed by atoms with Crippen molar-refractivity contribution in [2.75, 3.05) is 0 Å². The highest BCUT2D eigenvalue weighted by Crippen LogP contribution is 2.22. The first-order chi connectivity index (χ1) is 11.5. The number of carbonyl (C=O) groups excluding carboxylic acids is 1. The summed E-state index contributed by atoms with van der Waals surface area (Å²) in [7, 11) is 0. The number of primary amides is 1. The van der Waals surface area contributed by atoms with Crippen LogP contribution in [0.3, 0.4) is 0 Å². The Morgan fingerprint density at radius 3 is 2.71 bits per heavy atom. The van der Waals surface area contributed by atoms with Gasteiger partial charge in [0, 0.05) is 17.8 Å². The van der Waals surface area contributed by atoms with Gasteiger partial charge in [-0.3, -0.25) is 14.5 Å². The highest BCUT2D eigenvalue weighted by atomic mass is 35.5. The smallest absolute Gasteiger partial charge is 0.253 e. The Hall–Kier alpha value is -3.42. The van der Waals surface area contributed by atoms with Gasteiger partial charge in [-0.1, -0.05) is 11.6 Å². The van der Waals surface area contributed by atoms with E-state index in [0.29, 0.717) is 16.1 Å². The molecule has 2 heterocycles. The lowest BCUT2D eigenvalue weighted by Crippen LogP contribution is -2.11. The highest BCUT2D eigenvalue weighted by Gasteiger charge is 2.14. The second-order valence-electron chi connectivity index (χ2n) is 5.05. The highest BCUT2D eigenvalue weighted by molar-refractivity contribution is 6.31. The molecule has 116 valence electrons. The van der Waals surface area contributed by atoms with Gasteiger partial charge < -0.3 is 5.73 Å². The summed E-state index contributed by atoms with van der Waals surface area (Å²) >= 11 is 5.95. The van der Waals surface area contributed by atoms with E-state index < -0.39 is 5.91 Å². The van der Waals surface area contributed by atoms with Crippen molar-refractivity contribution < 1.29 is 4.79 Å². The molecule has 0 aliphatic rings. The number of rotatable bonds is 3. The van der Waals surface area contributed by atoms with Crippen molar-refractivity contribution in [3.8, 4) is 12.1 Å². The third-order valence-corrected chi connectivity index (χ3v) is 3.61. The number of pyridine rings is 1. The van der Waals surface area contributed by atoms with Crippen LogP contribution in [0.1, 0.15) is 27.2 Å². The van der Waals surface area contributed by atoms with Gasteiger partial charge in [-0.05, 0) is 23.8 Å². The molecule has 0 saturated carbocycles. The van der Waals surface area contributed by atoms with E-state index in [1.807, 2.05) is 12.1 Å². The predicted octanol–water partition coefficient (Wildman–Crippen LogP) is 1.98. The minimum Gasteiger partial charge on any atom is -0.365 e. The van der Waals surface area contributed by atoms with Crippen LogP contribution in [0.25, 0.3) is 10.9 Å². The fourth-order valence-electron chi connectivity index (χ4n) is 2.41. The van der Waals surface area contributed by atoms with E-state index >= 15 is 0 Å². The Balaban J connectivity index is 2.06. The van der Waals surface area contributed by atoms with Crippen molar-refractivity contribution in [2.24, 2.45) is 5.73 Å². The Kier molecular flexibility index (Phi) is 3.87. The van der Waals surface area contributed by atoms with E-state index in [0.717, 1.165) is 10.9 Å². The second kappa shape index (κ2) is 5.99. The number of fused-ring (bicyclic) bond motifs is 1. The van der Waals surface area contributed by atoms with Crippen LogP contribution in [0.2, 0.25) is 5.02 Å². The van der Waals surface area contributed by atoms with Crippen molar-refractivity contribution in [1.29, 1.82) is 10.5 Å². The summed E-state index contributed by atoms with van der Waals surface area (Å²) in [4.78, 5) is 15.5. The number of nitriles is 2. The number of benzene rings is 1. The standard InChI is InChI=1S/C16H9ClN6O/c17-12-3-10-1-9(2-11(4-18)15(10)21-6-12)7-23-8-13(16(20)24)14(5-19)22-23/h1-3,6,8H,7H2,(H2,20,24). The molecule has 3 aromatic rings. The average Bonchev–Trinajstić information content (AvgIpc) is 2.96. The van der Waals surface area contributed by atoms with Crippen molar-refractivity contribution >= 4 is 28.4 Å². The lowest BCUT2D eigenvalue weighted by Gasteiger charge is -2.06. The van der Waals surface area contributed by atoms with Gasteiger partial charge >= 0.3 is 0 Å². The Labute approximate surface area is 141 Å². The SMILES string of the molecule is N#Cc1nn(Cc2cc(C#N)c3ncc(Cl)cc3c2)cc1C(N)=O. The molecule has 0 radical (unpaired) electrons. The first-order valence-electron chi connectivity index (χ1n) is 6.77. The molecule has 0 fully saturated rings. The van der Waals surface area contributed by atoms with E-state index in [2.05, 4.69) is 16.2 Å². The third-order valence-electron chi connectivity index (χ3n) is 3.41. The van der Waals surface area contributed by atoms with E-state index in [1.54, 1.807) is 12.1 Å². The van der Waals surface area contributed by atoms with Crippen LogP contribution in [0.4, 0.5) is 0 Å². The van der Waals surface area contributed by atoms with Crippen molar-refractivity contribution in [1.82, 2.24) is 14.8 Å². The van der Waals surface area contributed by atoms with E-state index in [1.165, 1.54) is 17.1 Å². The normalized spacial score (nSPS) is 10.3. The molecular formula is C16H9ClN6O. The van der Waals surface area contributed by atoms with Crippen molar-refractivity contribution in [3.63, 3.8) is 0 Å². The quantitative estimate of drug-likeness (QED) is 0.783. The molecule has 2 aromatic heterocycles. The average molecular weight is 337 g/mol. The Bertz CT molecular complexity index is 1060. The summed E-state index contributed by atoms with van der Waals surface area (Å²) in [6, 6.07) is 9.15. The maximum absolute atomic E-state index is 11.3. The van der Waals surface area contributed by atoms with Crippen molar-refractivity contribution in [3.05, 3.63) is 58.0 Å². The molecule has 0 bridgehead atoms. The number of hydrogen-bond acceptors (Lipinski definition) is 5. The summed E-state index contributed by atoms with van der Waals surface area (Å²) in [6.45, 7) is 0.263. The van der Waals surface area contributed by atoms with Gasteiger partial charge in [0.05, 0.1) is 28.2 Å². The van der Waals surface area contributed by atoms with Gasteiger partial charge in [0.1, 0.15) is 12.1 Å². The molecule has 2 N–H and O–H groups in total. The molecule has 3 rings (SSSR count). The molecule has 24 heavy (non-hydrogen) atoms.